The van der Waals surface area contributed by atoms with Gasteiger partial charge in [-0.3, -0.25) is 0 Å². The number of nitrogens with one attached hydrogen (secondary N) is 1. The van der Waals surface area contributed by atoms with Gasteiger partial charge in [0.2, 0.25) is 0 Å². The number of rotatable bonds is 2. The first kappa shape index (κ1) is 12.6. The molecule has 6 nitrogen and oxygen atoms in total. The van der Waals surface area contributed by atoms with Gasteiger partial charge in [0.25, 0.3) is 0 Å². The van der Waals surface area contributed by atoms with E-state index in [9.17, 15) is 8.42 Å². The molecule has 0 unspecified atom stereocenters. The number of hydrogen-bond acceptors (Lipinski definition) is 6. The average Bonchev–Trinajstić information content (AvgIpc) is 2.30. The van der Waals surface area contributed by atoms with Crippen molar-refractivity contribution in [2.24, 2.45) is 0 Å². The first-order chi connectivity index (χ1) is 8.03. The summed E-state index contributed by atoms with van der Waals surface area (Å²) in [5.74, 6) is 1.79. The van der Waals surface area contributed by atoms with Crippen LogP contribution in [0.2, 0.25) is 0 Å². The van der Waals surface area contributed by atoms with Crippen LogP contribution in [-0.2, 0) is 9.84 Å². The van der Waals surface area contributed by atoms with Gasteiger partial charge in [0, 0.05) is 20.1 Å². The fourth-order valence-electron chi connectivity index (χ4n) is 1.68. The van der Waals surface area contributed by atoms with Gasteiger partial charge < -0.3 is 10.2 Å². The zero-order valence-electron chi connectivity index (χ0n) is 9.35. The molecule has 0 bridgehead atoms. The van der Waals surface area contributed by atoms with E-state index in [1.165, 1.54) is 6.33 Å². The summed E-state index contributed by atoms with van der Waals surface area (Å²) in [6.45, 7) is 0.947. The minimum absolute atomic E-state index is 0.179. The summed E-state index contributed by atoms with van der Waals surface area (Å²) in [5, 5.41) is 2.95. The number of hydrogen-bond donors (Lipinski definition) is 1. The molecule has 8 heteroatoms. The maximum absolute atomic E-state index is 11.4. The van der Waals surface area contributed by atoms with Crippen molar-refractivity contribution in [1.82, 2.24) is 9.97 Å². The summed E-state index contributed by atoms with van der Waals surface area (Å²) in [4.78, 5) is 10.2. The Kier molecular flexibility index (Phi) is 3.53. The van der Waals surface area contributed by atoms with Gasteiger partial charge in [0.1, 0.15) is 22.4 Å². The highest BCUT2D eigenvalue weighted by atomic mass is 79.9. The third kappa shape index (κ3) is 2.68. The molecule has 0 atom stereocenters. The Hall–Kier alpha value is -0.890. The van der Waals surface area contributed by atoms with Crippen LogP contribution in [0.3, 0.4) is 0 Å². The Morgan fingerprint density at radius 3 is 2.59 bits per heavy atom. The quantitative estimate of drug-likeness (QED) is 0.856. The van der Waals surface area contributed by atoms with Gasteiger partial charge in [-0.15, -0.1) is 0 Å². The van der Waals surface area contributed by atoms with Gasteiger partial charge in [-0.2, -0.15) is 0 Å². The van der Waals surface area contributed by atoms with Crippen molar-refractivity contribution in [3.8, 4) is 0 Å². The van der Waals surface area contributed by atoms with Gasteiger partial charge in [-0.1, -0.05) is 0 Å². The molecule has 1 aliphatic heterocycles. The largest absolute Gasteiger partial charge is 0.372 e. The Bertz CT molecular complexity index is 506. The predicted molar refractivity (Wildman–Crippen MR) is 70.1 cm³/mol. The van der Waals surface area contributed by atoms with Crippen LogP contribution >= 0.6 is 15.9 Å². The van der Waals surface area contributed by atoms with Crippen LogP contribution in [0.4, 0.5) is 11.6 Å². The third-order valence-corrected chi connectivity index (χ3v) is 4.99. The summed E-state index contributed by atoms with van der Waals surface area (Å²) in [6.07, 6.45) is 1.47. The Balaban J connectivity index is 2.24. The summed E-state index contributed by atoms with van der Waals surface area (Å²) in [6, 6.07) is 0. The van der Waals surface area contributed by atoms with E-state index in [0.29, 0.717) is 18.9 Å². The molecule has 2 rings (SSSR count). The van der Waals surface area contributed by atoms with Crippen LogP contribution in [-0.4, -0.2) is 50.0 Å². The number of halogens is 1. The summed E-state index contributed by atoms with van der Waals surface area (Å²) in [5.41, 5.74) is 0. The lowest BCUT2D eigenvalue weighted by molar-refractivity contribution is 0.586. The Morgan fingerprint density at radius 1 is 1.35 bits per heavy atom. The molecule has 2 heterocycles. The molecular weight excluding hydrogens is 308 g/mol. The van der Waals surface area contributed by atoms with E-state index in [0.717, 1.165) is 10.3 Å². The van der Waals surface area contributed by atoms with Crippen LogP contribution < -0.4 is 10.2 Å². The molecule has 0 aliphatic carbocycles. The highest BCUT2D eigenvalue weighted by Gasteiger charge is 2.24. The molecule has 0 saturated carbocycles. The lowest BCUT2D eigenvalue weighted by Crippen LogP contribution is -2.40. The van der Waals surface area contributed by atoms with Crippen LogP contribution in [0.1, 0.15) is 0 Å². The van der Waals surface area contributed by atoms with Crippen LogP contribution in [0.15, 0.2) is 10.8 Å². The lowest BCUT2D eigenvalue weighted by atomic mass is 10.4. The molecule has 0 radical (unpaired) electrons. The number of nitrogens with zero attached hydrogens (tertiary/aromatic N) is 3. The minimum Gasteiger partial charge on any atom is -0.372 e. The molecule has 94 valence electrons. The van der Waals surface area contributed by atoms with E-state index in [-0.39, 0.29) is 11.5 Å². The fourth-order valence-corrected chi connectivity index (χ4v) is 3.53. The lowest BCUT2D eigenvalue weighted by Gasteiger charge is -2.28. The van der Waals surface area contributed by atoms with Crippen molar-refractivity contribution in [2.75, 3.05) is 41.9 Å². The SMILES string of the molecule is CNc1ncnc(N2CCS(=O)(=O)CC2)c1Br. The van der Waals surface area contributed by atoms with Gasteiger partial charge in [0.05, 0.1) is 11.5 Å². The van der Waals surface area contributed by atoms with E-state index in [2.05, 4.69) is 31.2 Å². The van der Waals surface area contributed by atoms with E-state index in [1.807, 2.05) is 4.90 Å². The first-order valence-electron chi connectivity index (χ1n) is 5.17. The molecule has 17 heavy (non-hydrogen) atoms. The number of aromatic nitrogens is 2. The summed E-state index contributed by atoms with van der Waals surface area (Å²) in [7, 11) is -1.09. The van der Waals surface area contributed by atoms with Crippen molar-refractivity contribution >= 4 is 37.4 Å². The molecule has 1 saturated heterocycles. The Morgan fingerprint density at radius 2 is 2.00 bits per heavy atom. The smallest absolute Gasteiger partial charge is 0.153 e. The second-order valence-electron chi connectivity index (χ2n) is 3.75. The highest BCUT2D eigenvalue weighted by molar-refractivity contribution is 9.10. The van der Waals surface area contributed by atoms with E-state index < -0.39 is 9.84 Å². The van der Waals surface area contributed by atoms with Gasteiger partial charge in [-0.25, -0.2) is 18.4 Å². The average molecular weight is 321 g/mol. The predicted octanol–water partition coefficient (Wildman–Crippen LogP) is 0.516. The van der Waals surface area contributed by atoms with Crippen LogP contribution in [0.25, 0.3) is 0 Å². The maximum Gasteiger partial charge on any atom is 0.153 e. The molecule has 1 N–H and O–H groups in total. The molecular formula is C9H13BrN4O2S. The van der Waals surface area contributed by atoms with Crippen molar-refractivity contribution in [3.63, 3.8) is 0 Å². The van der Waals surface area contributed by atoms with Crippen molar-refractivity contribution in [1.29, 1.82) is 0 Å². The van der Waals surface area contributed by atoms with E-state index >= 15 is 0 Å². The zero-order valence-corrected chi connectivity index (χ0v) is 11.8. The van der Waals surface area contributed by atoms with Crippen LogP contribution in [0.5, 0.6) is 0 Å². The number of sulfone groups is 1. The normalized spacial score (nSPS) is 19.1. The molecule has 1 aromatic heterocycles. The van der Waals surface area contributed by atoms with Crippen molar-refractivity contribution in [2.45, 2.75) is 0 Å². The maximum atomic E-state index is 11.4. The molecule has 0 aromatic carbocycles. The van der Waals surface area contributed by atoms with Gasteiger partial charge in [0.15, 0.2) is 9.84 Å². The monoisotopic (exact) mass is 320 g/mol. The number of anilines is 2. The van der Waals surface area contributed by atoms with Crippen molar-refractivity contribution < 1.29 is 8.42 Å². The molecule has 1 aliphatic rings. The summed E-state index contributed by atoms with van der Waals surface area (Å²) >= 11 is 3.43. The van der Waals surface area contributed by atoms with Gasteiger partial charge in [-0.05, 0) is 15.9 Å². The van der Waals surface area contributed by atoms with Crippen molar-refractivity contribution in [3.05, 3.63) is 10.8 Å². The summed E-state index contributed by atoms with van der Waals surface area (Å²) < 4.78 is 23.5. The molecule has 1 aromatic rings. The standard InChI is InChI=1S/C9H13BrN4O2S/c1-11-8-7(10)9(13-6-12-8)14-2-4-17(15,16)5-3-14/h6H,2-5H2,1H3,(H,11,12,13). The molecule has 0 spiro atoms. The third-order valence-electron chi connectivity index (χ3n) is 2.65. The topological polar surface area (TPSA) is 75.2 Å². The van der Waals surface area contributed by atoms with E-state index in [4.69, 9.17) is 0 Å². The van der Waals surface area contributed by atoms with E-state index in [1.54, 1.807) is 7.05 Å². The Labute approximate surface area is 108 Å². The second-order valence-corrected chi connectivity index (χ2v) is 6.85. The fraction of sp³-hybridized carbons (Fsp3) is 0.556. The molecule has 0 amide bonds. The minimum atomic E-state index is -2.87. The zero-order chi connectivity index (χ0) is 12.5. The highest BCUT2D eigenvalue weighted by Crippen LogP contribution is 2.29. The first-order valence-corrected chi connectivity index (χ1v) is 7.78. The molecule has 1 fully saturated rings. The second kappa shape index (κ2) is 4.77. The van der Waals surface area contributed by atoms with Gasteiger partial charge >= 0.3 is 0 Å². The van der Waals surface area contributed by atoms with Crippen LogP contribution in [0, 0.1) is 0 Å².